The zero-order chi connectivity index (χ0) is 21.1. The Hall–Kier alpha value is -3.59. The number of fused-ring (bicyclic) bond motifs is 1. The summed E-state index contributed by atoms with van der Waals surface area (Å²) in [6, 6.07) is 15.2. The van der Waals surface area contributed by atoms with Gasteiger partial charge in [0.15, 0.2) is 0 Å². The van der Waals surface area contributed by atoms with Crippen molar-refractivity contribution in [3.63, 3.8) is 0 Å². The smallest absolute Gasteiger partial charge is 0.303 e. The fraction of sp³-hybridized carbons (Fsp3) is 0.292. The fourth-order valence-corrected chi connectivity index (χ4v) is 3.93. The van der Waals surface area contributed by atoms with E-state index in [0.29, 0.717) is 24.5 Å². The van der Waals surface area contributed by atoms with Gasteiger partial charge in [0.1, 0.15) is 11.5 Å². The van der Waals surface area contributed by atoms with Crippen molar-refractivity contribution in [3.8, 4) is 23.3 Å². The highest BCUT2D eigenvalue weighted by molar-refractivity contribution is 5.68. The molecule has 1 aliphatic carbocycles. The van der Waals surface area contributed by atoms with E-state index in [1.807, 2.05) is 37.3 Å². The molecule has 0 saturated carbocycles. The second-order valence-electron chi connectivity index (χ2n) is 7.50. The normalized spacial score (nSPS) is 14.9. The molecule has 30 heavy (non-hydrogen) atoms. The SMILES string of the molecule is Cc1oc(-c2ccc(C#N)cc2)nc1CCOc1ccc2c(c1)CC[C@H]2CC(=O)O. The molecule has 2 aromatic carbocycles. The van der Waals surface area contributed by atoms with Gasteiger partial charge in [0.25, 0.3) is 0 Å². The van der Waals surface area contributed by atoms with Gasteiger partial charge in [-0.3, -0.25) is 4.79 Å². The van der Waals surface area contributed by atoms with E-state index in [-0.39, 0.29) is 12.3 Å². The summed E-state index contributed by atoms with van der Waals surface area (Å²) in [7, 11) is 0. The molecule has 0 radical (unpaired) electrons. The van der Waals surface area contributed by atoms with Crippen molar-refractivity contribution < 1.29 is 19.1 Å². The molecular formula is C24H22N2O4. The third kappa shape index (κ3) is 4.20. The molecule has 3 aromatic rings. The summed E-state index contributed by atoms with van der Waals surface area (Å²) < 4.78 is 11.7. The van der Waals surface area contributed by atoms with Crippen LogP contribution in [0.2, 0.25) is 0 Å². The maximum atomic E-state index is 11.0. The molecule has 1 aromatic heterocycles. The first kappa shape index (κ1) is 19.7. The van der Waals surface area contributed by atoms with E-state index in [0.717, 1.165) is 41.2 Å². The Morgan fingerprint density at radius 3 is 2.83 bits per heavy atom. The zero-order valence-electron chi connectivity index (χ0n) is 16.7. The number of benzene rings is 2. The molecule has 1 aliphatic rings. The highest BCUT2D eigenvalue weighted by Crippen LogP contribution is 2.37. The van der Waals surface area contributed by atoms with Gasteiger partial charge >= 0.3 is 5.97 Å². The number of carbonyl (C=O) groups is 1. The largest absolute Gasteiger partial charge is 0.493 e. The van der Waals surface area contributed by atoms with Gasteiger partial charge in [-0.1, -0.05) is 6.07 Å². The molecule has 4 rings (SSSR count). The lowest BCUT2D eigenvalue weighted by Crippen LogP contribution is -2.04. The third-order valence-electron chi connectivity index (χ3n) is 5.50. The molecule has 6 heteroatoms. The Labute approximate surface area is 174 Å². The number of aliphatic carboxylic acids is 1. The summed E-state index contributed by atoms with van der Waals surface area (Å²) in [6.07, 6.45) is 2.56. The predicted molar refractivity (Wildman–Crippen MR) is 110 cm³/mol. The third-order valence-corrected chi connectivity index (χ3v) is 5.50. The summed E-state index contributed by atoms with van der Waals surface area (Å²) in [6.45, 7) is 2.35. The Kier molecular flexibility index (Phi) is 5.53. The molecule has 0 bridgehead atoms. The van der Waals surface area contributed by atoms with Crippen LogP contribution in [0.4, 0.5) is 0 Å². The van der Waals surface area contributed by atoms with Gasteiger partial charge in [0.05, 0.1) is 30.4 Å². The molecule has 0 amide bonds. The Balaban J connectivity index is 1.37. The van der Waals surface area contributed by atoms with E-state index < -0.39 is 5.97 Å². The number of hydrogen-bond acceptors (Lipinski definition) is 5. The minimum absolute atomic E-state index is 0.102. The van der Waals surface area contributed by atoms with Crippen molar-refractivity contribution in [3.05, 3.63) is 70.6 Å². The number of oxazole rings is 1. The number of ether oxygens (including phenoxy) is 1. The summed E-state index contributed by atoms with van der Waals surface area (Å²) in [5, 5.41) is 18.0. The maximum Gasteiger partial charge on any atom is 0.303 e. The minimum atomic E-state index is -0.753. The van der Waals surface area contributed by atoms with Crippen LogP contribution in [0.1, 0.15) is 46.9 Å². The molecule has 0 saturated heterocycles. The highest BCUT2D eigenvalue weighted by atomic mass is 16.5. The van der Waals surface area contributed by atoms with Crippen molar-refractivity contribution in [2.45, 2.75) is 38.5 Å². The number of carboxylic acid groups (broad SMARTS) is 1. The first-order valence-corrected chi connectivity index (χ1v) is 9.97. The number of aromatic nitrogens is 1. The van der Waals surface area contributed by atoms with Gasteiger partial charge in [-0.15, -0.1) is 0 Å². The molecule has 152 valence electrons. The Bertz CT molecular complexity index is 1110. The van der Waals surface area contributed by atoms with E-state index in [1.54, 1.807) is 12.1 Å². The lowest BCUT2D eigenvalue weighted by atomic mass is 9.98. The molecule has 6 nitrogen and oxygen atoms in total. The molecular weight excluding hydrogens is 380 g/mol. The van der Waals surface area contributed by atoms with Crippen LogP contribution in [0.15, 0.2) is 46.9 Å². The summed E-state index contributed by atoms with van der Waals surface area (Å²) in [5.74, 6) is 1.43. The quantitative estimate of drug-likeness (QED) is 0.618. The number of hydrogen-bond donors (Lipinski definition) is 1. The average Bonchev–Trinajstić information content (AvgIpc) is 3.31. The number of nitriles is 1. The lowest BCUT2D eigenvalue weighted by Gasteiger charge is -2.10. The molecule has 1 heterocycles. The van der Waals surface area contributed by atoms with Crippen LogP contribution in [0.5, 0.6) is 5.75 Å². The molecule has 1 atom stereocenters. The zero-order valence-corrected chi connectivity index (χ0v) is 16.7. The average molecular weight is 402 g/mol. The van der Waals surface area contributed by atoms with Crippen LogP contribution in [-0.4, -0.2) is 22.7 Å². The number of aryl methyl sites for hydroxylation is 2. The Morgan fingerprint density at radius 2 is 2.10 bits per heavy atom. The van der Waals surface area contributed by atoms with Crippen LogP contribution >= 0.6 is 0 Å². The van der Waals surface area contributed by atoms with Crippen molar-refractivity contribution >= 4 is 5.97 Å². The van der Waals surface area contributed by atoms with Crippen LogP contribution < -0.4 is 4.74 Å². The van der Waals surface area contributed by atoms with Gasteiger partial charge in [-0.25, -0.2) is 4.98 Å². The van der Waals surface area contributed by atoms with Crippen LogP contribution in [0, 0.1) is 18.3 Å². The number of carboxylic acids is 1. The standard InChI is InChI=1S/C24H22N2O4/c1-15-22(26-24(30-15)17-4-2-16(14-25)3-5-17)10-11-29-20-8-9-21-18(12-20)6-7-19(21)13-23(27)28/h2-5,8-9,12,19H,6-7,10-11,13H2,1H3,(H,27,28)/t19-/m0/s1. The highest BCUT2D eigenvalue weighted by Gasteiger charge is 2.24. The van der Waals surface area contributed by atoms with Crippen molar-refractivity contribution in [1.29, 1.82) is 5.26 Å². The Morgan fingerprint density at radius 1 is 1.30 bits per heavy atom. The predicted octanol–water partition coefficient (Wildman–Crippen LogP) is 4.65. The van der Waals surface area contributed by atoms with Crippen molar-refractivity contribution in [1.82, 2.24) is 4.98 Å². The first-order valence-electron chi connectivity index (χ1n) is 9.97. The van der Waals surface area contributed by atoms with Gasteiger partial charge in [-0.2, -0.15) is 5.26 Å². The van der Waals surface area contributed by atoms with Crippen molar-refractivity contribution in [2.75, 3.05) is 6.61 Å². The second kappa shape index (κ2) is 8.42. The number of rotatable bonds is 7. The molecule has 0 spiro atoms. The summed E-state index contributed by atoms with van der Waals surface area (Å²) in [5.41, 5.74) is 4.58. The second-order valence-corrected chi connectivity index (χ2v) is 7.50. The van der Waals surface area contributed by atoms with Gasteiger partial charge in [0.2, 0.25) is 5.89 Å². The van der Waals surface area contributed by atoms with Crippen LogP contribution in [0.25, 0.3) is 11.5 Å². The molecule has 0 aliphatic heterocycles. The van der Waals surface area contributed by atoms with Crippen LogP contribution in [0.3, 0.4) is 0 Å². The molecule has 0 fully saturated rings. The number of nitrogens with zero attached hydrogens (tertiary/aromatic N) is 2. The molecule has 0 unspecified atom stereocenters. The first-order chi connectivity index (χ1) is 14.5. The maximum absolute atomic E-state index is 11.0. The van der Waals surface area contributed by atoms with Crippen molar-refractivity contribution in [2.24, 2.45) is 0 Å². The summed E-state index contributed by atoms with van der Waals surface area (Å²) in [4.78, 5) is 15.6. The van der Waals surface area contributed by atoms with Gasteiger partial charge in [-0.05, 0) is 73.2 Å². The lowest BCUT2D eigenvalue weighted by molar-refractivity contribution is -0.137. The minimum Gasteiger partial charge on any atom is -0.493 e. The van der Waals surface area contributed by atoms with Crippen LogP contribution in [-0.2, 0) is 17.6 Å². The van der Waals surface area contributed by atoms with E-state index >= 15 is 0 Å². The van der Waals surface area contributed by atoms with E-state index in [4.69, 9.17) is 19.5 Å². The van der Waals surface area contributed by atoms with E-state index in [9.17, 15) is 4.79 Å². The molecule has 1 N–H and O–H groups in total. The van der Waals surface area contributed by atoms with Gasteiger partial charge < -0.3 is 14.3 Å². The monoisotopic (exact) mass is 402 g/mol. The fourth-order valence-electron chi connectivity index (χ4n) is 3.93. The topological polar surface area (TPSA) is 96.4 Å². The summed E-state index contributed by atoms with van der Waals surface area (Å²) >= 11 is 0. The van der Waals surface area contributed by atoms with Gasteiger partial charge in [0, 0.05) is 12.0 Å². The van der Waals surface area contributed by atoms with E-state index in [2.05, 4.69) is 11.1 Å². The van der Waals surface area contributed by atoms with E-state index in [1.165, 1.54) is 5.56 Å².